The van der Waals surface area contributed by atoms with Gasteiger partial charge in [-0.25, -0.2) is 8.78 Å². The number of guanidine groups is 1. The highest BCUT2D eigenvalue weighted by molar-refractivity contribution is 14.0. The van der Waals surface area contributed by atoms with Crippen molar-refractivity contribution >= 4 is 29.9 Å². The molecule has 2 aromatic rings. The molecule has 2 aliphatic rings. The molecule has 0 amide bonds. The van der Waals surface area contributed by atoms with Gasteiger partial charge < -0.3 is 10.6 Å². The van der Waals surface area contributed by atoms with E-state index in [1.807, 2.05) is 0 Å². The molecule has 2 atom stereocenters. The molecule has 0 aliphatic carbocycles. The number of halogens is 3. The van der Waals surface area contributed by atoms with Crippen LogP contribution >= 0.6 is 24.0 Å². The molecule has 30 heavy (non-hydrogen) atoms. The zero-order valence-corrected chi connectivity index (χ0v) is 19.5. The lowest BCUT2D eigenvalue weighted by atomic mass is 9.96. The number of piperidine rings is 1. The van der Waals surface area contributed by atoms with Crippen LogP contribution in [0.25, 0.3) is 0 Å². The van der Waals surface area contributed by atoms with E-state index in [2.05, 4.69) is 50.9 Å². The van der Waals surface area contributed by atoms with Crippen molar-refractivity contribution in [1.82, 2.24) is 15.5 Å². The zero-order valence-electron chi connectivity index (χ0n) is 17.2. The third-order valence-corrected chi connectivity index (χ3v) is 6.11. The Morgan fingerprint density at radius 3 is 2.43 bits per heavy atom. The van der Waals surface area contributed by atoms with Crippen LogP contribution in [0.2, 0.25) is 0 Å². The highest BCUT2D eigenvalue weighted by atomic mass is 127. The van der Waals surface area contributed by atoms with Gasteiger partial charge in [0.2, 0.25) is 0 Å². The van der Waals surface area contributed by atoms with Gasteiger partial charge in [0.15, 0.2) is 5.96 Å². The fourth-order valence-corrected chi connectivity index (χ4v) is 4.69. The van der Waals surface area contributed by atoms with Crippen molar-refractivity contribution in [3.05, 3.63) is 71.3 Å². The van der Waals surface area contributed by atoms with E-state index in [0.717, 1.165) is 31.5 Å². The van der Waals surface area contributed by atoms with Gasteiger partial charge in [-0.15, -0.1) is 24.0 Å². The summed E-state index contributed by atoms with van der Waals surface area (Å²) in [5.74, 6) is -0.218. The molecule has 2 fully saturated rings. The SMILES string of the molecule is CN=C(NCc1cc(F)ccc1F)NC1CC2CCC(C1)N2Cc1ccccc1.I. The van der Waals surface area contributed by atoms with E-state index < -0.39 is 11.6 Å². The maximum absolute atomic E-state index is 13.8. The fraction of sp³-hybridized carbons (Fsp3) is 0.435. The molecule has 0 saturated carbocycles. The Balaban J connectivity index is 0.00000256. The summed E-state index contributed by atoms with van der Waals surface area (Å²) >= 11 is 0. The number of hydrogen-bond donors (Lipinski definition) is 2. The van der Waals surface area contributed by atoms with Crippen molar-refractivity contribution in [2.75, 3.05) is 7.05 Å². The van der Waals surface area contributed by atoms with Gasteiger partial charge in [0.25, 0.3) is 0 Å². The fourth-order valence-electron chi connectivity index (χ4n) is 4.69. The molecule has 0 radical (unpaired) electrons. The normalized spacial score (nSPS) is 23.7. The Morgan fingerprint density at radius 1 is 1.07 bits per heavy atom. The molecule has 7 heteroatoms. The largest absolute Gasteiger partial charge is 0.354 e. The summed E-state index contributed by atoms with van der Waals surface area (Å²) in [5.41, 5.74) is 1.66. The number of hydrogen-bond acceptors (Lipinski definition) is 2. The zero-order chi connectivity index (χ0) is 20.2. The molecule has 162 valence electrons. The Hall–Kier alpha value is -1.74. The van der Waals surface area contributed by atoms with Crippen LogP contribution in [0.4, 0.5) is 8.78 Å². The molecule has 4 nitrogen and oxygen atoms in total. The van der Waals surface area contributed by atoms with E-state index in [0.29, 0.717) is 29.6 Å². The van der Waals surface area contributed by atoms with Crippen LogP contribution in [-0.4, -0.2) is 36.0 Å². The van der Waals surface area contributed by atoms with Crippen molar-refractivity contribution < 1.29 is 8.78 Å². The predicted octanol–water partition coefficient (Wildman–Crippen LogP) is 4.44. The second-order valence-electron chi connectivity index (χ2n) is 8.02. The van der Waals surface area contributed by atoms with Crippen LogP contribution in [0.5, 0.6) is 0 Å². The lowest BCUT2D eigenvalue weighted by Crippen LogP contribution is -2.52. The van der Waals surface area contributed by atoms with Gasteiger partial charge in [-0.1, -0.05) is 30.3 Å². The second kappa shape index (κ2) is 10.5. The Morgan fingerprint density at radius 2 is 1.77 bits per heavy atom. The summed E-state index contributed by atoms with van der Waals surface area (Å²) < 4.78 is 27.2. The molecule has 2 unspecified atom stereocenters. The molecule has 0 aromatic heterocycles. The smallest absolute Gasteiger partial charge is 0.191 e. The van der Waals surface area contributed by atoms with Gasteiger partial charge >= 0.3 is 0 Å². The van der Waals surface area contributed by atoms with E-state index in [-0.39, 0.29) is 30.5 Å². The Labute approximate surface area is 194 Å². The first-order valence-electron chi connectivity index (χ1n) is 10.3. The topological polar surface area (TPSA) is 39.7 Å². The average Bonchev–Trinajstić information content (AvgIpc) is 2.96. The minimum Gasteiger partial charge on any atom is -0.354 e. The first kappa shape index (κ1) is 22.9. The maximum atomic E-state index is 13.8. The third-order valence-electron chi connectivity index (χ3n) is 6.11. The van der Waals surface area contributed by atoms with E-state index in [1.54, 1.807) is 7.05 Å². The summed E-state index contributed by atoms with van der Waals surface area (Å²) in [7, 11) is 1.70. The third kappa shape index (κ3) is 5.49. The number of aliphatic imine (C=N–C) groups is 1. The van der Waals surface area contributed by atoms with E-state index in [1.165, 1.54) is 24.5 Å². The average molecular weight is 526 g/mol. The van der Waals surface area contributed by atoms with E-state index in [4.69, 9.17) is 0 Å². The number of nitrogens with one attached hydrogen (secondary N) is 2. The number of rotatable bonds is 5. The molecule has 0 spiro atoms. The van der Waals surface area contributed by atoms with Crippen molar-refractivity contribution in [2.24, 2.45) is 4.99 Å². The maximum Gasteiger partial charge on any atom is 0.191 e. The summed E-state index contributed by atoms with van der Waals surface area (Å²) in [6, 6.07) is 15.6. The summed E-state index contributed by atoms with van der Waals surface area (Å²) in [5, 5.41) is 6.61. The number of fused-ring (bicyclic) bond motifs is 2. The van der Waals surface area contributed by atoms with E-state index in [9.17, 15) is 8.78 Å². The number of benzene rings is 2. The van der Waals surface area contributed by atoms with Crippen LogP contribution in [0, 0.1) is 11.6 Å². The van der Waals surface area contributed by atoms with Gasteiger partial charge in [0, 0.05) is 43.8 Å². The summed E-state index contributed by atoms with van der Waals surface area (Å²) in [6.07, 6.45) is 4.60. The monoisotopic (exact) mass is 526 g/mol. The molecule has 2 bridgehead atoms. The molecule has 4 rings (SSSR count). The van der Waals surface area contributed by atoms with Gasteiger partial charge in [0.05, 0.1) is 0 Å². The molecule has 2 N–H and O–H groups in total. The second-order valence-corrected chi connectivity index (χ2v) is 8.02. The standard InChI is InChI=1S/C23H28F2N4.HI/c1-26-23(27-14-17-11-18(24)7-10-22(17)25)28-19-12-20-8-9-21(13-19)29(20)15-16-5-3-2-4-6-16;/h2-7,10-11,19-21H,8-9,12-15H2,1H3,(H2,26,27,28);1H. The van der Waals surface area contributed by atoms with Gasteiger partial charge in [-0.2, -0.15) is 0 Å². The first-order chi connectivity index (χ1) is 14.1. The van der Waals surface area contributed by atoms with Crippen LogP contribution in [0.1, 0.15) is 36.8 Å². The molecular weight excluding hydrogens is 497 g/mol. The van der Waals surface area contributed by atoms with Crippen LogP contribution in [0.3, 0.4) is 0 Å². The minimum absolute atomic E-state index is 0. The first-order valence-corrected chi connectivity index (χ1v) is 10.3. The lowest BCUT2D eigenvalue weighted by Gasteiger charge is -2.39. The number of nitrogens with zero attached hydrogens (tertiary/aromatic N) is 2. The van der Waals surface area contributed by atoms with E-state index >= 15 is 0 Å². The predicted molar refractivity (Wildman–Crippen MR) is 127 cm³/mol. The summed E-state index contributed by atoms with van der Waals surface area (Å²) in [6.45, 7) is 1.21. The van der Waals surface area contributed by atoms with Crippen LogP contribution in [-0.2, 0) is 13.1 Å². The van der Waals surface area contributed by atoms with Gasteiger partial charge in [-0.3, -0.25) is 9.89 Å². The molecule has 2 saturated heterocycles. The lowest BCUT2D eigenvalue weighted by molar-refractivity contribution is 0.114. The van der Waals surface area contributed by atoms with Crippen molar-refractivity contribution in [1.29, 1.82) is 0 Å². The highest BCUT2D eigenvalue weighted by Gasteiger charge is 2.40. The van der Waals surface area contributed by atoms with Crippen molar-refractivity contribution in [3.63, 3.8) is 0 Å². The quantitative estimate of drug-likeness (QED) is 0.344. The Kier molecular flexibility index (Phi) is 8.05. The van der Waals surface area contributed by atoms with Gasteiger partial charge in [0.1, 0.15) is 11.6 Å². The van der Waals surface area contributed by atoms with Crippen LogP contribution < -0.4 is 10.6 Å². The van der Waals surface area contributed by atoms with Crippen LogP contribution in [0.15, 0.2) is 53.5 Å². The minimum atomic E-state index is -0.437. The molecular formula is C23H29F2IN4. The Bertz CT molecular complexity index is 848. The molecule has 2 heterocycles. The molecule has 2 aliphatic heterocycles. The summed E-state index contributed by atoms with van der Waals surface area (Å²) in [4.78, 5) is 6.92. The van der Waals surface area contributed by atoms with Crippen molar-refractivity contribution in [2.45, 2.75) is 56.9 Å². The van der Waals surface area contributed by atoms with Gasteiger partial charge in [-0.05, 0) is 49.4 Å². The van der Waals surface area contributed by atoms with Crippen molar-refractivity contribution in [3.8, 4) is 0 Å². The molecule has 2 aromatic carbocycles. The highest BCUT2D eigenvalue weighted by Crippen LogP contribution is 2.36.